The molecule has 0 radical (unpaired) electrons. The number of hydrogen-bond acceptors (Lipinski definition) is 11. The first-order chi connectivity index (χ1) is 19.6. The summed E-state index contributed by atoms with van der Waals surface area (Å²) in [7, 11) is 0. The number of phenols is 1. The zero-order valence-electron chi connectivity index (χ0n) is 21.4. The van der Waals surface area contributed by atoms with Gasteiger partial charge in [-0.2, -0.15) is 0 Å². The van der Waals surface area contributed by atoms with E-state index in [1.807, 2.05) is 0 Å². The van der Waals surface area contributed by atoms with E-state index in [4.69, 9.17) is 10.5 Å². The second kappa shape index (κ2) is 9.75. The highest BCUT2D eigenvalue weighted by atomic mass is 19.4. The van der Waals surface area contributed by atoms with Crippen molar-refractivity contribution in [3.63, 3.8) is 0 Å². The number of ether oxygens (including phenoxy) is 2. The number of aliphatic hydroxyl groups is 3. The molecular formula is C26H23F3N2O11. The number of nitrogens with two attached hydrogens (primary N) is 1. The van der Waals surface area contributed by atoms with E-state index in [0.717, 1.165) is 0 Å². The van der Waals surface area contributed by atoms with E-state index < -0.39 is 100 Å². The number of nitrogens with zero attached hydrogens (tertiary/aromatic N) is 1. The molecule has 1 aromatic carbocycles. The lowest BCUT2D eigenvalue weighted by Crippen LogP contribution is -2.64. The van der Waals surface area contributed by atoms with E-state index in [-0.39, 0.29) is 36.9 Å². The van der Waals surface area contributed by atoms with Crippen LogP contribution in [-0.4, -0.2) is 85.5 Å². The summed E-state index contributed by atoms with van der Waals surface area (Å²) in [5.41, 5.74) is 0.475. The molecule has 13 nitrogen and oxygen atoms in total. The van der Waals surface area contributed by atoms with Crippen LogP contribution >= 0.6 is 0 Å². The Labute approximate surface area is 233 Å². The maximum atomic E-state index is 13.8. The van der Waals surface area contributed by atoms with Crippen molar-refractivity contribution >= 4 is 35.3 Å². The van der Waals surface area contributed by atoms with Crippen LogP contribution in [-0.2, 0) is 35.1 Å². The largest absolute Gasteiger partial charge is 0.576 e. The smallest absolute Gasteiger partial charge is 0.508 e. The number of Topliss-reactive ketones (excluding diaryl/α,β-unsaturated/α-hetero) is 2. The first-order valence-electron chi connectivity index (χ1n) is 12.6. The summed E-state index contributed by atoms with van der Waals surface area (Å²) in [4.78, 5) is 64.5. The second-order valence-electron chi connectivity index (χ2n) is 10.4. The highest BCUT2D eigenvalue weighted by Gasteiger charge is 2.65. The average molecular weight is 596 g/mol. The van der Waals surface area contributed by atoms with Crippen molar-refractivity contribution in [1.82, 2.24) is 4.90 Å². The van der Waals surface area contributed by atoms with Crippen molar-refractivity contribution in [3.8, 4) is 5.75 Å². The Morgan fingerprint density at radius 1 is 1.10 bits per heavy atom. The van der Waals surface area contributed by atoms with Gasteiger partial charge in [-0.05, 0) is 30.9 Å². The lowest BCUT2D eigenvalue weighted by Gasteiger charge is -2.50. The van der Waals surface area contributed by atoms with Crippen LogP contribution in [0.5, 0.6) is 5.75 Å². The third kappa shape index (κ3) is 4.33. The molecule has 1 saturated carbocycles. The Balaban J connectivity index is 1.61. The average Bonchev–Trinajstić information content (AvgIpc) is 3.38. The standard InChI is InChI=1S/C26H23F3N2O11/c27-26(28,29)42-24(39)31-6-2-4-12(31)23(38)41-19-10-7-9-3-1-5-13(32)15(9)18(34)16(10)20(35)25(40)11(19)8-14(33)17(21(25)36)22(30)37/h1,3,5,10-12,19,32,34,36,40H,2,4,6-8H2,(H2,30,37)/t10?,11-,12?,19+,25+/m1/s1. The van der Waals surface area contributed by atoms with Crippen LogP contribution in [0.3, 0.4) is 0 Å². The number of amides is 2. The van der Waals surface area contributed by atoms with Gasteiger partial charge in [0, 0.05) is 30.4 Å². The molecule has 0 aromatic heterocycles. The molecule has 16 heteroatoms. The van der Waals surface area contributed by atoms with E-state index in [9.17, 15) is 57.6 Å². The third-order valence-electron chi connectivity index (χ3n) is 8.09. The third-order valence-corrected chi connectivity index (χ3v) is 8.09. The van der Waals surface area contributed by atoms with Gasteiger partial charge in [0.15, 0.2) is 11.4 Å². The molecule has 5 atom stereocenters. The van der Waals surface area contributed by atoms with Crippen molar-refractivity contribution in [2.45, 2.75) is 49.8 Å². The summed E-state index contributed by atoms with van der Waals surface area (Å²) in [6, 6.07) is 2.52. The number of fused-ring (bicyclic) bond motifs is 3. The Morgan fingerprint density at radius 3 is 2.43 bits per heavy atom. The van der Waals surface area contributed by atoms with Crippen LogP contribution < -0.4 is 5.73 Å². The van der Waals surface area contributed by atoms with Gasteiger partial charge < -0.3 is 35.6 Å². The van der Waals surface area contributed by atoms with Gasteiger partial charge in [-0.3, -0.25) is 19.3 Å². The van der Waals surface area contributed by atoms with Gasteiger partial charge in [0.2, 0.25) is 5.78 Å². The number of alkyl halides is 3. The molecule has 1 heterocycles. The first-order valence-corrected chi connectivity index (χ1v) is 12.6. The number of esters is 1. The van der Waals surface area contributed by atoms with Crippen LogP contribution in [0.4, 0.5) is 18.0 Å². The van der Waals surface area contributed by atoms with Crippen molar-refractivity contribution < 1.29 is 67.0 Å². The van der Waals surface area contributed by atoms with Crippen LogP contribution in [0.1, 0.15) is 30.4 Å². The van der Waals surface area contributed by atoms with Crippen LogP contribution in [0.25, 0.3) is 5.76 Å². The van der Waals surface area contributed by atoms with Gasteiger partial charge in [0.05, 0.1) is 5.56 Å². The fourth-order valence-electron chi connectivity index (χ4n) is 6.32. The number of carbonyl (C=O) groups excluding carboxylic acids is 5. The maximum Gasteiger partial charge on any atom is 0.576 e. The molecule has 0 spiro atoms. The van der Waals surface area contributed by atoms with Crippen LogP contribution in [0.2, 0.25) is 0 Å². The number of phenolic OH excluding ortho intramolecular Hbond substituents is 1. The number of halogens is 3. The van der Waals surface area contributed by atoms with E-state index in [1.165, 1.54) is 18.2 Å². The number of likely N-dealkylation sites (tertiary alicyclic amines) is 1. The predicted octanol–water partition coefficient (Wildman–Crippen LogP) is 1.07. The summed E-state index contributed by atoms with van der Waals surface area (Å²) in [5, 5.41) is 44.0. The maximum absolute atomic E-state index is 13.8. The number of ketones is 2. The van der Waals surface area contributed by atoms with Crippen molar-refractivity contribution in [2.75, 3.05) is 6.54 Å². The number of rotatable bonds is 3. The minimum Gasteiger partial charge on any atom is -0.508 e. The molecule has 0 bridgehead atoms. The van der Waals surface area contributed by atoms with Crippen LogP contribution in [0, 0.1) is 11.8 Å². The van der Waals surface area contributed by atoms with Gasteiger partial charge in [-0.1, -0.05) is 12.1 Å². The molecule has 1 aromatic rings. The molecule has 1 aliphatic heterocycles. The molecule has 4 aliphatic rings. The molecule has 5 rings (SSSR count). The second-order valence-corrected chi connectivity index (χ2v) is 10.4. The summed E-state index contributed by atoms with van der Waals surface area (Å²) >= 11 is 0. The Morgan fingerprint density at radius 2 is 1.79 bits per heavy atom. The fraction of sp³-hybridized carbons (Fsp3) is 0.423. The van der Waals surface area contributed by atoms with Crippen molar-refractivity contribution in [2.24, 2.45) is 17.6 Å². The molecule has 2 amide bonds. The fourth-order valence-corrected chi connectivity index (χ4v) is 6.32. The van der Waals surface area contributed by atoms with Gasteiger partial charge in [-0.25, -0.2) is 9.59 Å². The van der Waals surface area contributed by atoms with Gasteiger partial charge in [0.1, 0.15) is 35.0 Å². The normalized spacial score (nSPS) is 29.1. The molecular weight excluding hydrogens is 573 g/mol. The first kappa shape index (κ1) is 28.9. The van der Waals surface area contributed by atoms with Gasteiger partial charge in [-0.15, -0.1) is 13.2 Å². The zero-order valence-corrected chi connectivity index (χ0v) is 21.4. The number of primary amides is 1. The Bertz CT molecular complexity index is 1500. The van der Waals surface area contributed by atoms with Gasteiger partial charge in [0.25, 0.3) is 5.91 Å². The summed E-state index contributed by atoms with van der Waals surface area (Å²) in [6.07, 6.45) is -10.0. The number of aromatic hydroxyl groups is 1. The number of aliphatic hydroxyl groups excluding tert-OH is 2. The lowest BCUT2D eigenvalue weighted by atomic mass is 9.57. The van der Waals surface area contributed by atoms with E-state index >= 15 is 0 Å². The highest BCUT2D eigenvalue weighted by molar-refractivity contribution is 6.23. The predicted molar refractivity (Wildman–Crippen MR) is 129 cm³/mol. The molecule has 2 unspecified atom stereocenters. The van der Waals surface area contributed by atoms with Crippen LogP contribution in [0.15, 0.2) is 35.1 Å². The summed E-state index contributed by atoms with van der Waals surface area (Å²) in [5.74, 6) is -10.9. The monoisotopic (exact) mass is 596 g/mol. The van der Waals surface area contributed by atoms with E-state index in [2.05, 4.69) is 4.74 Å². The minimum absolute atomic E-state index is 0.0925. The van der Waals surface area contributed by atoms with Crippen molar-refractivity contribution in [1.29, 1.82) is 0 Å². The topological polar surface area (TPSA) is 214 Å². The lowest BCUT2D eigenvalue weighted by molar-refractivity contribution is -0.295. The number of benzene rings is 1. The molecule has 3 aliphatic carbocycles. The Hall–Kier alpha value is -4.60. The van der Waals surface area contributed by atoms with E-state index in [0.29, 0.717) is 4.90 Å². The molecule has 224 valence electrons. The van der Waals surface area contributed by atoms with Gasteiger partial charge >= 0.3 is 18.4 Å². The quantitative estimate of drug-likeness (QED) is 0.246. The summed E-state index contributed by atoms with van der Waals surface area (Å²) < 4.78 is 47.1. The molecule has 1 saturated heterocycles. The molecule has 42 heavy (non-hydrogen) atoms. The molecule has 6 N–H and O–H groups in total. The highest BCUT2D eigenvalue weighted by Crippen LogP contribution is 2.53. The molecule has 2 fully saturated rings. The Kier molecular flexibility index (Phi) is 6.71. The van der Waals surface area contributed by atoms with E-state index in [1.54, 1.807) is 0 Å². The zero-order chi connectivity index (χ0) is 30.9. The minimum atomic E-state index is -5.34. The van der Waals surface area contributed by atoms with Crippen molar-refractivity contribution in [3.05, 3.63) is 46.2 Å². The SMILES string of the molecule is NC(=O)C1=C(O)[C@@]2(O)C(=O)C3=C(O)c4c(O)cccc4CC3[C@H](OC(=O)C3CCCN3C(=O)OC(F)(F)F)[C@H]2CC1=O. The number of hydrogen-bond donors (Lipinski definition) is 5. The summed E-state index contributed by atoms with van der Waals surface area (Å²) in [6.45, 7) is -0.294. The number of carbonyl (C=O) groups is 5.